The minimum atomic E-state index is 0.550. The maximum Gasteiger partial charge on any atom is 0.197 e. The van der Waals surface area contributed by atoms with E-state index in [1.54, 1.807) is 0 Å². The first kappa shape index (κ1) is 10.3. The normalized spacial score (nSPS) is 23.3. The molecule has 2 heterocycles. The molecule has 88 valence electrons. The first-order valence-corrected chi connectivity index (χ1v) is 6.52. The molecule has 1 aliphatic heterocycles. The van der Waals surface area contributed by atoms with Gasteiger partial charge < -0.3 is 9.73 Å². The second-order valence-electron chi connectivity index (χ2n) is 5.15. The topological polar surface area (TPSA) is 38.1 Å². The summed E-state index contributed by atoms with van der Waals surface area (Å²) < 4.78 is 5.87. The Balaban J connectivity index is 1.79. The van der Waals surface area contributed by atoms with Crippen molar-refractivity contribution >= 4 is 0 Å². The van der Waals surface area contributed by atoms with Crippen LogP contribution in [-0.4, -0.2) is 18.1 Å². The summed E-state index contributed by atoms with van der Waals surface area (Å²) in [7, 11) is 0. The summed E-state index contributed by atoms with van der Waals surface area (Å²) in [6, 6.07) is 0. The van der Waals surface area contributed by atoms with Gasteiger partial charge in [-0.15, -0.1) is 0 Å². The van der Waals surface area contributed by atoms with Crippen LogP contribution in [0.2, 0.25) is 0 Å². The van der Waals surface area contributed by atoms with Crippen LogP contribution in [0.4, 0.5) is 0 Å². The fourth-order valence-electron chi connectivity index (χ4n) is 2.73. The Morgan fingerprint density at radius 2 is 1.88 bits per heavy atom. The van der Waals surface area contributed by atoms with E-state index in [9.17, 15) is 0 Å². The lowest BCUT2D eigenvalue weighted by Gasteiger charge is -2.23. The van der Waals surface area contributed by atoms with Crippen molar-refractivity contribution in [2.24, 2.45) is 0 Å². The molecule has 1 N–H and O–H groups in total. The molecule has 1 aromatic rings. The predicted molar refractivity (Wildman–Crippen MR) is 62.7 cm³/mol. The van der Waals surface area contributed by atoms with Crippen molar-refractivity contribution in [1.82, 2.24) is 10.3 Å². The molecule has 2 aliphatic rings. The van der Waals surface area contributed by atoms with Crippen LogP contribution >= 0.6 is 0 Å². The van der Waals surface area contributed by atoms with Crippen molar-refractivity contribution < 1.29 is 4.42 Å². The van der Waals surface area contributed by atoms with Gasteiger partial charge in [-0.1, -0.05) is 6.42 Å². The molecule has 0 atom stereocenters. The van der Waals surface area contributed by atoms with Crippen LogP contribution in [0, 0.1) is 6.92 Å². The van der Waals surface area contributed by atoms with Crippen LogP contribution in [0.5, 0.6) is 0 Å². The Hall–Kier alpha value is -0.830. The zero-order valence-electron chi connectivity index (χ0n) is 9.96. The van der Waals surface area contributed by atoms with Gasteiger partial charge in [-0.05, 0) is 45.7 Å². The number of hydrogen-bond acceptors (Lipinski definition) is 3. The van der Waals surface area contributed by atoms with Crippen molar-refractivity contribution in [1.29, 1.82) is 0 Å². The number of hydrogen-bond donors (Lipinski definition) is 1. The minimum absolute atomic E-state index is 0.550. The second-order valence-corrected chi connectivity index (χ2v) is 5.15. The standard InChI is InChI=1S/C13H20N2O/c1-9-12(10-3-2-4-10)15-13(16-9)11-5-7-14-8-6-11/h10-11,14H,2-8H2,1H3. The molecule has 1 aliphatic carbocycles. The molecule has 0 amide bonds. The minimum Gasteiger partial charge on any atom is -0.445 e. The number of nitrogens with zero attached hydrogens (tertiary/aromatic N) is 1. The molecule has 1 saturated heterocycles. The molecule has 1 aromatic heterocycles. The van der Waals surface area contributed by atoms with Gasteiger partial charge in [0.25, 0.3) is 0 Å². The van der Waals surface area contributed by atoms with Crippen molar-refractivity contribution in [2.45, 2.75) is 50.9 Å². The average Bonchev–Trinajstić information content (AvgIpc) is 2.60. The molecular weight excluding hydrogens is 200 g/mol. The maximum atomic E-state index is 5.87. The monoisotopic (exact) mass is 220 g/mol. The number of nitrogens with one attached hydrogen (secondary N) is 1. The van der Waals surface area contributed by atoms with Gasteiger partial charge >= 0.3 is 0 Å². The molecule has 0 spiro atoms. The van der Waals surface area contributed by atoms with E-state index in [1.165, 1.54) is 37.8 Å². The Morgan fingerprint density at radius 3 is 2.50 bits per heavy atom. The molecular formula is C13H20N2O. The van der Waals surface area contributed by atoms with Gasteiger partial charge in [0, 0.05) is 11.8 Å². The summed E-state index contributed by atoms with van der Waals surface area (Å²) in [5.74, 6) is 3.31. The van der Waals surface area contributed by atoms with E-state index < -0.39 is 0 Å². The highest BCUT2D eigenvalue weighted by atomic mass is 16.4. The molecule has 16 heavy (non-hydrogen) atoms. The highest BCUT2D eigenvalue weighted by Gasteiger charge is 2.28. The largest absolute Gasteiger partial charge is 0.445 e. The second kappa shape index (κ2) is 4.21. The van der Waals surface area contributed by atoms with E-state index in [2.05, 4.69) is 12.2 Å². The fraction of sp³-hybridized carbons (Fsp3) is 0.769. The zero-order chi connectivity index (χ0) is 11.0. The lowest BCUT2D eigenvalue weighted by molar-refractivity contribution is 0.366. The van der Waals surface area contributed by atoms with Gasteiger partial charge in [0.1, 0.15) is 5.76 Å². The summed E-state index contributed by atoms with van der Waals surface area (Å²) in [5, 5.41) is 3.38. The Morgan fingerprint density at radius 1 is 1.12 bits per heavy atom. The van der Waals surface area contributed by atoms with E-state index in [0.717, 1.165) is 24.7 Å². The van der Waals surface area contributed by atoms with Gasteiger partial charge in [-0.3, -0.25) is 0 Å². The fourth-order valence-corrected chi connectivity index (χ4v) is 2.73. The molecule has 3 rings (SSSR count). The lowest BCUT2D eigenvalue weighted by atomic mass is 9.82. The van der Waals surface area contributed by atoms with Crippen LogP contribution < -0.4 is 5.32 Å². The van der Waals surface area contributed by atoms with Crippen LogP contribution in [0.25, 0.3) is 0 Å². The number of oxazole rings is 1. The molecule has 0 unspecified atom stereocenters. The van der Waals surface area contributed by atoms with Crippen LogP contribution in [0.1, 0.15) is 61.3 Å². The van der Waals surface area contributed by atoms with Gasteiger partial charge in [-0.25, -0.2) is 4.98 Å². The van der Waals surface area contributed by atoms with E-state index in [1.807, 2.05) is 0 Å². The third-order valence-electron chi connectivity index (χ3n) is 4.03. The third kappa shape index (κ3) is 1.77. The average molecular weight is 220 g/mol. The molecule has 3 nitrogen and oxygen atoms in total. The van der Waals surface area contributed by atoms with Crippen molar-refractivity contribution in [3.8, 4) is 0 Å². The maximum absolute atomic E-state index is 5.87. The predicted octanol–water partition coefficient (Wildman–Crippen LogP) is 2.72. The van der Waals surface area contributed by atoms with Gasteiger partial charge in [0.2, 0.25) is 0 Å². The van der Waals surface area contributed by atoms with E-state index in [0.29, 0.717) is 11.8 Å². The number of piperidine rings is 1. The summed E-state index contributed by atoms with van der Waals surface area (Å²) in [6.07, 6.45) is 6.31. The molecule has 0 aromatic carbocycles. The highest BCUT2D eigenvalue weighted by molar-refractivity contribution is 5.17. The van der Waals surface area contributed by atoms with E-state index in [4.69, 9.17) is 9.40 Å². The van der Waals surface area contributed by atoms with Crippen LogP contribution in [-0.2, 0) is 0 Å². The quantitative estimate of drug-likeness (QED) is 0.832. The van der Waals surface area contributed by atoms with Crippen LogP contribution in [0.3, 0.4) is 0 Å². The summed E-state index contributed by atoms with van der Waals surface area (Å²) >= 11 is 0. The Bertz CT molecular complexity index is 362. The molecule has 2 fully saturated rings. The summed E-state index contributed by atoms with van der Waals surface area (Å²) in [6.45, 7) is 4.28. The first-order chi connectivity index (χ1) is 7.84. The summed E-state index contributed by atoms with van der Waals surface area (Å²) in [5.41, 5.74) is 1.25. The van der Waals surface area contributed by atoms with Crippen molar-refractivity contribution in [3.63, 3.8) is 0 Å². The molecule has 3 heteroatoms. The molecule has 0 bridgehead atoms. The van der Waals surface area contributed by atoms with Crippen molar-refractivity contribution in [3.05, 3.63) is 17.3 Å². The van der Waals surface area contributed by atoms with E-state index >= 15 is 0 Å². The summed E-state index contributed by atoms with van der Waals surface area (Å²) in [4.78, 5) is 4.76. The molecule has 1 saturated carbocycles. The van der Waals surface area contributed by atoms with Crippen LogP contribution in [0.15, 0.2) is 4.42 Å². The van der Waals surface area contributed by atoms with Gasteiger partial charge in [-0.2, -0.15) is 0 Å². The highest BCUT2D eigenvalue weighted by Crippen LogP contribution is 2.38. The van der Waals surface area contributed by atoms with Crippen molar-refractivity contribution in [2.75, 3.05) is 13.1 Å². The Labute approximate surface area is 96.6 Å². The zero-order valence-corrected chi connectivity index (χ0v) is 9.96. The number of aryl methyl sites for hydroxylation is 1. The SMILES string of the molecule is Cc1oc(C2CCNCC2)nc1C1CCC1. The Kier molecular flexibility index (Phi) is 2.72. The molecule has 0 radical (unpaired) electrons. The first-order valence-electron chi connectivity index (χ1n) is 6.52. The number of rotatable bonds is 2. The smallest absolute Gasteiger partial charge is 0.197 e. The van der Waals surface area contributed by atoms with Gasteiger partial charge in [0.05, 0.1) is 5.69 Å². The van der Waals surface area contributed by atoms with E-state index in [-0.39, 0.29) is 0 Å². The third-order valence-corrected chi connectivity index (χ3v) is 4.03. The number of aromatic nitrogens is 1. The van der Waals surface area contributed by atoms with Gasteiger partial charge in [0.15, 0.2) is 5.89 Å². The lowest BCUT2D eigenvalue weighted by Crippen LogP contribution is -2.26.